The van der Waals surface area contributed by atoms with Gasteiger partial charge in [-0.3, -0.25) is 0 Å². The van der Waals surface area contributed by atoms with Crippen LogP contribution in [-0.2, 0) is 12.8 Å². The zero-order chi connectivity index (χ0) is 25.1. The molecule has 0 N–H and O–H groups in total. The van der Waals surface area contributed by atoms with Crippen molar-refractivity contribution < 1.29 is 0 Å². The van der Waals surface area contributed by atoms with Crippen LogP contribution in [0.3, 0.4) is 0 Å². The van der Waals surface area contributed by atoms with Crippen LogP contribution in [0.4, 0.5) is 0 Å². The van der Waals surface area contributed by atoms with Crippen LogP contribution in [0.2, 0.25) is 0 Å². The molecule has 182 valence electrons. The predicted octanol–water partition coefficient (Wildman–Crippen LogP) is 9.99. The summed E-state index contributed by atoms with van der Waals surface area (Å²) in [6.45, 7) is 7.08. The molecule has 0 fully saturated rings. The summed E-state index contributed by atoms with van der Waals surface area (Å²) in [4.78, 5) is 0. The molecular formula is C37H34. The minimum atomic E-state index is 0.464. The Kier molecular flexibility index (Phi) is 5.32. The van der Waals surface area contributed by atoms with Gasteiger partial charge in [0.15, 0.2) is 0 Å². The SMILES string of the molecule is CC1=Cc2c(cc3c(c2-c2ccccc2)CCC3)C1CC1C(C)=C(C)c2c(-c3ccccc3)cccc21. The van der Waals surface area contributed by atoms with Gasteiger partial charge in [-0.2, -0.15) is 0 Å². The normalized spacial score (nSPS) is 19.6. The molecule has 3 aliphatic carbocycles. The Hall–Kier alpha value is -3.64. The molecule has 0 spiro atoms. The maximum atomic E-state index is 2.59. The van der Waals surface area contributed by atoms with Crippen LogP contribution in [0.15, 0.2) is 96.1 Å². The summed E-state index contributed by atoms with van der Waals surface area (Å²) >= 11 is 0. The van der Waals surface area contributed by atoms with Crippen LogP contribution in [0.5, 0.6) is 0 Å². The molecule has 3 aliphatic rings. The molecule has 0 heterocycles. The quantitative estimate of drug-likeness (QED) is 0.274. The second kappa shape index (κ2) is 8.73. The van der Waals surface area contributed by atoms with Gasteiger partial charge in [0.05, 0.1) is 0 Å². The van der Waals surface area contributed by atoms with E-state index in [0.29, 0.717) is 11.8 Å². The third-order valence-corrected chi connectivity index (χ3v) is 9.35. The van der Waals surface area contributed by atoms with Gasteiger partial charge in [-0.1, -0.05) is 102 Å². The van der Waals surface area contributed by atoms with Gasteiger partial charge in [0, 0.05) is 11.8 Å². The molecular weight excluding hydrogens is 444 g/mol. The summed E-state index contributed by atoms with van der Waals surface area (Å²) in [6.07, 6.45) is 7.38. The predicted molar refractivity (Wildman–Crippen MR) is 158 cm³/mol. The third-order valence-electron chi connectivity index (χ3n) is 9.35. The van der Waals surface area contributed by atoms with Gasteiger partial charge in [0.25, 0.3) is 0 Å². The Morgan fingerprint density at radius 3 is 2.16 bits per heavy atom. The lowest BCUT2D eigenvalue weighted by Crippen LogP contribution is -2.07. The molecule has 4 aromatic rings. The zero-order valence-electron chi connectivity index (χ0n) is 22.1. The van der Waals surface area contributed by atoms with E-state index < -0.39 is 0 Å². The van der Waals surface area contributed by atoms with Crippen LogP contribution in [0.25, 0.3) is 33.9 Å². The van der Waals surface area contributed by atoms with E-state index in [4.69, 9.17) is 0 Å². The van der Waals surface area contributed by atoms with Crippen molar-refractivity contribution in [2.45, 2.75) is 58.3 Å². The zero-order valence-corrected chi connectivity index (χ0v) is 22.1. The molecule has 0 amide bonds. The van der Waals surface area contributed by atoms with E-state index in [2.05, 4.69) is 112 Å². The van der Waals surface area contributed by atoms with Crippen LogP contribution in [0, 0.1) is 0 Å². The van der Waals surface area contributed by atoms with Gasteiger partial charge in [-0.15, -0.1) is 0 Å². The van der Waals surface area contributed by atoms with Gasteiger partial charge in [0.2, 0.25) is 0 Å². The fourth-order valence-electron chi connectivity index (χ4n) is 7.42. The molecule has 4 aromatic carbocycles. The summed E-state index contributed by atoms with van der Waals surface area (Å²) < 4.78 is 0. The lowest BCUT2D eigenvalue weighted by molar-refractivity contribution is 0.642. The van der Waals surface area contributed by atoms with Gasteiger partial charge in [-0.05, 0) is 108 Å². The van der Waals surface area contributed by atoms with Crippen molar-refractivity contribution >= 4 is 11.6 Å². The molecule has 0 aliphatic heterocycles. The first-order valence-electron chi connectivity index (χ1n) is 13.9. The van der Waals surface area contributed by atoms with E-state index in [1.54, 1.807) is 22.3 Å². The topological polar surface area (TPSA) is 0 Å². The summed E-state index contributed by atoms with van der Waals surface area (Å²) in [5, 5.41) is 0. The Morgan fingerprint density at radius 1 is 0.676 bits per heavy atom. The number of rotatable bonds is 4. The maximum absolute atomic E-state index is 2.59. The van der Waals surface area contributed by atoms with Crippen molar-refractivity contribution in [2.75, 3.05) is 0 Å². The second-order valence-corrected chi connectivity index (χ2v) is 11.3. The molecule has 0 saturated carbocycles. The third kappa shape index (κ3) is 3.50. The Bertz CT molecular complexity index is 1580. The highest BCUT2D eigenvalue weighted by molar-refractivity contribution is 5.89. The van der Waals surface area contributed by atoms with E-state index in [1.165, 1.54) is 69.4 Å². The maximum Gasteiger partial charge on any atom is 0.00665 e. The highest BCUT2D eigenvalue weighted by Gasteiger charge is 2.35. The Morgan fingerprint density at radius 2 is 1.41 bits per heavy atom. The minimum absolute atomic E-state index is 0.464. The van der Waals surface area contributed by atoms with E-state index in [-0.39, 0.29) is 0 Å². The van der Waals surface area contributed by atoms with Crippen molar-refractivity contribution in [3.8, 4) is 22.3 Å². The van der Waals surface area contributed by atoms with Crippen molar-refractivity contribution in [1.29, 1.82) is 0 Å². The van der Waals surface area contributed by atoms with Crippen molar-refractivity contribution in [2.24, 2.45) is 0 Å². The first-order valence-corrected chi connectivity index (χ1v) is 13.9. The number of hydrogen-bond donors (Lipinski definition) is 0. The number of aryl methyl sites for hydroxylation is 1. The molecule has 0 bridgehead atoms. The molecule has 37 heavy (non-hydrogen) atoms. The highest BCUT2D eigenvalue weighted by atomic mass is 14.4. The fourth-order valence-corrected chi connectivity index (χ4v) is 7.42. The van der Waals surface area contributed by atoms with E-state index in [9.17, 15) is 0 Å². The minimum Gasteiger partial charge on any atom is -0.0651 e. The molecule has 2 atom stereocenters. The monoisotopic (exact) mass is 478 g/mol. The summed E-state index contributed by atoms with van der Waals surface area (Å²) in [5.41, 5.74) is 19.3. The summed E-state index contributed by atoms with van der Waals surface area (Å²) in [5.74, 6) is 0.939. The molecule has 0 aromatic heterocycles. The largest absolute Gasteiger partial charge is 0.0651 e. The van der Waals surface area contributed by atoms with Gasteiger partial charge < -0.3 is 0 Å². The molecule has 0 saturated heterocycles. The molecule has 0 radical (unpaired) electrons. The van der Waals surface area contributed by atoms with Crippen LogP contribution < -0.4 is 0 Å². The summed E-state index contributed by atoms with van der Waals surface area (Å²) in [6, 6.07) is 31.6. The smallest absolute Gasteiger partial charge is 0.00665 e. The van der Waals surface area contributed by atoms with Gasteiger partial charge >= 0.3 is 0 Å². The van der Waals surface area contributed by atoms with Crippen LogP contribution in [-0.4, -0.2) is 0 Å². The number of fused-ring (bicyclic) bond motifs is 3. The number of benzene rings is 4. The first kappa shape index (κ1) is 22.5. The van der Waals surface area contributed by atoms with Crippen molar-refractivity contribution in [1.82, 2.24) is 0 Å². The Balaban J connectivity index is 1.33. The molecule has 2 unspecified atom stereocenters. The lowest BCUT2D eigenvalue weighted by Gasteiger charge is -2.24. The molecule has 0 heteroatoms. The number of hydrogen-bond acceptors (Lipinski definition) is 0. The fraction of sp³-hybridized carbons (Fsp3) is 0.243. The molecule has 7 rings (SSSR count). The lowest BCUT2D eigenvalue weighted by atomic mass is 9.80. The number of allylic oxidation sites excluding steroid dienone is 3. The second-order valence-electron chi connectivity index (χ2n) is 11.3. The Labute approximate surface area is 221 Å². The summed E-state index contributed by atoms with van der Waals surface area (Å²) in [7, 11) is 0. The van der Waals surface area contributed by atoms with E-state index in [0.717, 1.165) is 6.42 Å². The molecule has 0 nitrogen and oxygen atoms in total. The van der Waals surface area contributed by atoms with Crippen molar-refractivity contribution in [3.05, 3.63) is 129 Å². The standard InChI is InChI=1S/C37H34/c1-23-20-35-34(21-28-16-10-17-30(28)37(35)27-14-8-5-9-15-27)32(23)22-33-24(2)25(3)36-29(18-11-19-31(33)36)26-12-6-4-7-13-26/h4-9,11-15,18-21,32-33H,10,16-17,22H2,1-3H3. The van der Waals surface area contributed by atoms with E-state index >= 15 is 0 Å². The highest BCUT2D eigenvalue weighted by Crippen LogP contribution is 2.53. The van der Waals surface area contributed by atoms with E-state index in [1.807, 2.05) is 0 Å². The first-order chi connectivity index (χ1) is 18.1. The van der Waals surface area contributed by atoms with Gasteiger partial charge in [0.1, 0.15) is 0 Å². The van der Waals surface area contributed by atoms with Crippen LogP contribution in [0.1, 0.15) is 78.8 Å². The van der Waals surface area contributed by atoms with Gasteiger partial charge in [-0.25, -0.2) is 0 Å². The van der Waals surface area contributed by atoms with Crippen LogP contribution >= 0.6 is 0 Å². The van der Waals surface area contributed by atoms with Crippen molar-refractivity contribution in [3.63, 3.8) is 0 Å². The average molecular weight is 479 g/mol. The average Bonchev–Trinajstić information content (AvgIpc) is 3.59.